The minimum absolute atomic E-state index is 0.307. The van der Waals surface area contributed by atoms with Gasteiger partial charge in [-0.25, -0.2) is 9.59 Å². The minimum Gasteiger partial charge on any atom is -0.464 e. The lowest BCUT2D eigenvalue weighted by Gasteiger charge is -2.12. The fourth-order valence-corrected chi connectivity index (χ4v) is 1.90. The van der Waals surface area contributed by atoms with Crippen molar-refractivity contribution in [3.63, 3.8) is 0 Å². The Bertz CT molecular complexity index is 859. The van der Waals surface area contributed by atoms with Crippen LogP contribution >= 0.6 is 0 Å². The molecule has 6 nitrogen and oxygen atoms in total. The first-order chi connectivity index (χ1) is 9.56. The van der Waals surface area contributed by atoms with E-state index in [0.29, 0.717) is 27.7 Å². The lowest BCUT2D eigenvalue weighted by atomic mass is 10.1. The van der Waals surface area contributed by atoms with Crippen LogP contribution in [0.1, 0.15) is 0 Å². The molecule has 0 bridgehead atoms. The Balaban J connectivity index is 2.31. The maximum atomic E-state index is 11.8. The van der Waals surface area contributed by atoms with Gasteiger partial charge < -0.3 is 18.5 Å². The van der Waals surface area contributed by atoms with Crippen molar-refractivity contribution in [2.45, 2.75) is 0 Å². The maximum Gasteiger partial charge on any atom is 0.414 e. The molecular formula is C14H11NO5. The van der Waals surface area contributed by atoms with Gasteiger partial charge in [0.25, 0.3) is 0 Å². The van der Waals surface area contributed by atoms with Gasteiger partial charge in [-0.15, -0.1) is 0 Å². The average molecular weight is 273 g/mol. The van der Waals surface area contributed by atoms with Crippen LogP contribution < -0.4 is 10.4 Å². The summed E-state index contributed by atoms with van der Waals surface area (Å²) in [5.74, 6) is 0.314. The van der Waals surface area contributed by atoms with Crippen LogP contribution in [0.3, 0.4) is 0 Å². The van der Waals surface area contributed by atoms with E-state index in [2.05, 4.69) is 0 Å². The fraction of sp³-hybridized carbons (Fsp3) is 0.143. The molecule has 102 valence electrons. The number of rotatable bonds is 1. The lowest BCUT2D eigenvalue weighted by molar-refractivity contribution is 0.173. The Morgan fingerprint density at radius 3 is 2.65 bits per heavy atom. The lowest BCUT2D eigenvalue weighted by Crippen LogP contribution is -2.25. The molecule has 0 N–H and O–H groups in total. The number of hydrogen-bond acceptors (Lipinski definition) is 5. The average Bonchev–Trinajstić information content (AvgIpc) is 2.85. The highest BCUT2D eigenvalue weighted by atomic mass is 16.6. The summed E-state index contributed by atoms with van der Waals surface area (Å²) in [5.41, 5.74) is 0.309. The number of furan rings is 1. The van der Waals surface area contributed by atoms with E-state index >= 15 is 0 Å². The number of hydrogen-bond donors (Lipinski definition) is 0. The Morgan fingerprint density at radius 1 is 1.15 bits per heavy atom. The monoisotopic (exact) mass is 273 g/mol. The highest BCUT2D eigenvalue weighted by Gasteiger charge is 2.17. The number of benzene rings is 1. The summed E-state index contributed by atoms with van der Waals surface area (Å²) in [7, 11) is 3.17. The van der Waals surface area contributed by atoms with Gasteiger partial charge in [0.2, 0.25) is 0 Å². The topological polar surface area (TPSA) is 72.9 Å². The van der Waals surface area contributed by atoms with E-state index in [4.69, 9.17) is 13.6 Å². The van der Waals surface area contributed by atoms with Gasteiger partial charge in [-0.1, -0.05) is 0 Å². The fourth-order valence-electron chi connectivity index (χ4n) is 1.90. The van der Waals surface area contributed by atoms with Crippen LogP contribution in [-0.2, 0) is 0 Å². The SMILES string of the molecule is CN(C)C(=O)Oc1c2ccoc2cc2oc(=O)ccc12. The van der Waals surface area contributed by atoms with Crippen molar-refractivity contribution in [1.29, 1.82) is 0 Å². The second-order valence-corrected chi connectivity index (χ2v) is 4.47. The van der Waals surface area contributed by atoms with Crippen molar-refractivity contribution in [3.8, 4) is 5.75 Å². The largest absolute Gasteiger partial charge is 0.464 e. The summed E-state index contributed by atoms with van der Waals surface area (Å²) < 4.78 is 15.7. The zero-order chi connectivity index (χ0) is 14.3. The molecule has 3 aromatic rings. The number of carbonyl (C=O) groups excluding carboxylic acids is 1. The number of ether oxygens (including phenoxy) is 1. The predicted molar refractivity (Wildman–Crippen MR) is 72.0 cm³/mol. The van der Waals surface area contributed by atoms with Gasteiger partial charge in [0, 0.05) is 26.2 Å². The van der Waals surface area contributed by atoms with Crippen molar-refractivity contribution in [1.82, 2.24) is 4.90 Å². The molecular weight excluding hydrogens is 262 g/mol. The quantitative estimate of drug-likeness (QED) is 0.637. The van der Waals surface area contributed by atoms with Crippen LogP contribution in [0.4, 0.5) is 4.79 Å². The van der Waals surface area contributed by atoms with Crippen LogP contribution in [0.2, 0.25) is 0 Å². The molecule has 0 aliphatic heterocycles. The van der Waals surface area contributed by atoms with Crippen LogP contribution in [-0.4, -0.2) is 25.1 Å². The van der Waals surface area contributed by atoms with Crippen molar-refractivity contribution in [3.05, 3.63) is 40.9 Å². The van der Waals surface area contributed by atoms with Crippen molar-refractivity contribution < 1.29 is 18.4 Å². The Kier molecular flexibility index (Phi) is 2.71. The van der Waals surface area contributed by atoms with Gasteiger partial charge in [0.05, 0.1) is 17.0 Å². The van der Waals surface area contributed by atoms with Gasteiger partial charge >= 0.3 is 11.7 Å². The second-order valence-electron chi connectivity index (χ2n) is 4.47. The summed E-state index contributed by atoms with van der Waals surface area (Å²) in [4.78, 5) is 24.4. The second kappa shape index (κ2) is 4.41. The number of amides is 1. The summed E-state index contributed by atoms with van der Waals surface area (Å²) in [6, 6.07) is 6.13. The van der Waals surface area contributed by atoms with E-state index in [9.17, 15) is 9.59 Å². The molecule has 2 heterocycles. The highest BCUT2D eigenvalue weighted by molar-refractivity contribution is 6.02. The molecule has 6 heteroatoms. The molecule has 3 rings (SSSR count). The zero-order valence-electron chi connectivity index (χ0n) is 10.9. The molecule has 2 aromatic heterocycles. The third-order valence-corrected chi connectivity index (χ3v) is 2.86. The summed E-state index contributed by atoms with van der Waals surface area (Å²) in [5, 5.41) is 1.18. The third kappa shape index (κ3) is 1.91. The Labute approximate surface area is 113 Å². The van der Waals surface area contributed by atoms with E-state index in [0.717, 1.165) is 0 Å². The smallest absolute Gasteiger partial charge is 0.414 e. The van der Waals surface area contributed by atoms with Crippen molar-refractivity contribution in [2.24, 2.45) is 0 Å². The molecule has 0 spiro atoms. The van der Waals surface area contributed by atoms with Gasteiger partial charge in [0.1, 0.15) is 11.2 Å². The number of nitrogens with zero attached hydrogens (tertiary/aromatic N) is 1. The molecule has 0 atom stereocenters. The van der Waals surface area contributed by atoms with Crippen molar-refractivity contribution in [2.75, 3.05) is 14.1 Å². The highest BCUT2D eigenvalue weighted by Crippen LogP contribution is 2.35. The van der Waals surface area contributed by atoms with Gasteiger partial charge in [-0.3, -0.25) is 0 Å². The third-order valence-electron chi connectivity index (χ3n) is 2.86. The summed E-state index contributed by atoms with van der Waals surface area (Å²) in [6.07, 6.45) is 0.959. The standard InChI is InChI=1S/C14H11NO5/c1-15(2)14(17)20-13-8-3-4-12(16)19-11(8)7-10-9(13)5-6-18-10/h3-7H,1-2H3. The summed E-state index contributed by atoms with van der Waals surface area (Å²) in [6.45, 7) is 0. The normalized spacial score (nSPS) is 10.9. The van der Waals surface area contributed by atoms with E-state index in [1.807, 2.05) is 0 Å². The summed E-state index contributed by atoms with van der Waals surface area (Å²) >= 11 is 0. The molecule has 0 unspecified atom stereocenters. The van der Waals surface area contributed by atoms with E-state index in [1.54, 1.807) is 32.3 Å². The number of carbonyl (C=O) groups is 1. The molecule has 0 saturated heterocycles. The Hall–Kier alpha value is -2.76. The van der Waals surface area contributed by atoms with E-state index in [1.165, 1.54) is 17.2 Å². The van der Waals surface area contributed by atoms with Gasteiger partial charge in [-0.2, -0.15) is 0 Å². The molecule has 0 radical (unpaired) electrons. The van der Waals surface area contributed by atoms with E-state index in [-0.39, 0.29) is 0 Å². The van der Waals surface area contributed by atoms with Gasteiger partial charge in [0.15, 0.2) is 5.75 Å². The molecule has 20 heavy (non-hydrogen) atoms. The van der Waals surface area contributed by atoms with Crippen LogP contribution in [0.15, 0.2) is 44.2 Å². The first kappa shape index (κ1) is 12.3. The van der Waals surface area contributed by atoms with Crippen LogP contribution in [0, 0.1) is 0 Å². The Morgan fingerprint density at radius 2 is 1.90 bits per heavy atom. The molecule has 0 saturated carbocycles. The molecule has 0 aliphatic carbocycles. The van der Waals surface area contributed by atoms with Crippen molar-refractivity contribution >= 4 is 28.0 Å². The zero-order valence-corrected chi connectivity index (χ0v) is 10.9. The molecule has 0 aliphatic rings. The van der Waals surface area contributed by atoms with Gasteiger partial charge in [-0.05, 0) is 12.1 Å². The molecule has 1 amide bonds. The van der Waals surface area contributed by atoms with Crippen LogP contribution in [0.5, 0.6) is 5.75 Å². The molecule has 1 aromatic carbocycles. The van der Waals surface area contributed by atoms with E-state index < -0.39 is 11.7 Å². The first-order valence-corrected chi connectivity index (χ1v) is 5.89. The maximum absolute atomic E-state index is 11.8. The number of fused-ring (bicyclic) bond motifs is 2. The molecule has 0 fully saturated rings. The minimum atomic E-state index is -0.522. The first-order valence-electron chi connectivity index (χ1n) is 5.89. The predicted octanol–water partition coefficient (Wildman–Crippen LogP) is 2.60. The van der Waals surface area contributed by atoms with Crippen LogP contribution in [0.25, 0.3) is 21.9 Å².